The van der Waals surface area contributed by atoms with Crippen LogP contribution in [-0.2, 0) is 16.1 Å². The second kappa shape index (κ2) is 8.23. The van der Waals surface area contributed by atoms with Crippen LogP contribution in [0.25, 0.3) is 17.4 Å². The summed E-state index contributed by atoms with van der Waals surface area (Å²) in [6, 6.07) is 15.7. The highest BCUT2D eigenvalue weighted by Gasteiger charge is 2.22. The first-order chi connectivity index (χ1) is 13.7. The van der Waals surface area contributed by atoms with Gasteiger partial charge >= 0.3 is 0 Å². The predicted molar refractivity (Wildman–Crippen MR) is 115 cm³/mol. The Labute approximate surface area is 168 Å². The van der Waals surface area contributed by atoms with Crippen LogP contribution in [0.5, 0.6) is 0 Å². The minimum atomic E-state index is 0.00503. The van der Waals surface area contributed by atoms with E-state index in [4.69, 9.17) is 4.74 Å². The number of allylic oxidation sites excluding steroid dienone is 1. The van der Waals surface area contributed by atoms with E-state index < -0.39 is 0 Å². The highest BCUT2D eigenvalue weighted by molar-refractivity contribution is 7.11. The van der Waals surface area contributed by atoms with Gasteiger partial charge in [-0.1, -0.05) is 30.9 Å². The van der Waals surface area contributed by atoms with E-state index in [1.165, 1.54) is 0 Å². The maximum atomic E-state index is 12.4. The third-order valence-corrected chi connectivity index (χ3v) is 5.51. The molecule has 1 aromatic carbocycles. The molecule has 0 saturated heterocycles. The van der Waals surface area contributed by atoms with Gasteiger partial charge in [0.2, 0.25) is 5.91 Å². The summed E-state index contributed by atoms with van der Waals surface area (Å²) in [6.07, 6.45) is 4.57. The topological polar surface area (TPSA) is 51.2 Å². The molecular formula is C23H20N2O2S. The van der Waals surface area contributed by atoms with Gasteiger partial charge in [-0.3, -0.25) is 9.78 Å². The fourth-order valence-electron chi connectivity index (χ4n) is 3.19. The summed E-state index contributed by atoms with van der Waals surface area (Å²) in [7, 11) is 0. The number of thiophene rings is 1. The van der Waals surface area contributed by atoms with Gasteiger partial charge in [-0.15, -0.1) is 11.3 Å². The summed E-state index contributed by atoms with van der Waals surface area (Å²) in [5.74, 6) is 0.789. The molecule has 28 heavy (non-hydrogen) atoms. The van der Waals surface area contributed by atoms with E-state index in [0.29, 0.717) is 19.4 Å². The van der Waals surface area contributed by atoms with E-state index in [9.17, 15) is 4.79 Å². The number of hydrogen-bond acceptors (Lipinski definition) is 4. The number of ether oxygens (including phenoxy) is 1. The van der Waals surface area contributed by atoms with Crippen molar-refractivity contribution in [2.24, 2.45) is 0 Å². The SMILES string of the molecule is C=Cc1ccc2c(c1)C(OCc1ccccn1)=C(c1cccs1)CCC(=O)N2. The number of pyridine rings is 1. The summed E-state index contributed by atoms with van der Waals surface area (Å²) in [4.78, 5) is 17.8. The summed E-state index contributed by atoms with van der Waals surface area (Å²) >= 11 is 1.65. The number of hydrogen-bond donors (Lipinski definition) is 1. The lowest BCUT2D eigenvalue weighted by molar-refractivity contribution is -0.116. The highest BCUT2D eigenvalue weighted by Crippen LogP contribution is 2.39. The smallest absolute Gasteiger partial charge is 0.224 e. The predicted octanol–water partition coefficient (Wildman–Crippen LogP) is 5.60. The molecule has 0 spiro atoms. The molecule has 3 aromatic rings. The molecule has 0 unspecified atom stereocenters. The van der Waals surface area contributed by atoms with E-state index >= 15 is 0 Å². The van der Waals surface area contributed by atoms with Crippen molar-refractivity contribution in [1.29, 1.82) is 0 Å². The van der Waals surface area contributed by atoms with Crippen LogP contribution in [0.2, 0.25) is 0 Å². The van der Waals surface area contributed by atoms with Crippen LogP contribution in [0.15, 0.2) is 66.7 Å². The van der Waals surface area contributed by atoms with Crippen molar-refractivity contribution < 1.29 is 9.53 Å². The molecule has 1 aliphatic heterocycles. The third-order valence-electron chi connectivity index (χ3n) is 4.58. The van der Waals surface area contributed by atoms with Crippen LogP contribution < -0.4 is 5.32 Å². The molecule has 0 aliphatic carbocycles. The Kier molecular flexibility index (Phi) is 5.35. The molecule has 1 N–H and O–H groups in total. The van der Waals surface area contributed by atoms with E-state index in [2.05, 4.69) is 22.9 Å². The van der Waals surface area contributed by atoms with Gasteiger partial charge in [-0.25, -0.2) is 0 Å². The van der Waals surface area contributed by atoms with Crippen molar-refractivity contribution in [3.05, 3.63) is 88.4 Å². The van der Waals surface area contributed by atoms with Crippen LogP contribution in [0.1, 0.15) is 34.5 Å². The molecule has 1 aliphatic rings. The van der Waals surface area contributed by atoms with Crippen LogP contribution in [-0.4, -0.2) is 10.9 Å². The highest BCUT2D eigenvalue weighted by atomic mass is 32.1. The summed E-state index contributed by atoms with van der Waals surface area (Å²) in [5, 5.41) is 5.05. The lowest BCUT2D eigenvalue weighted by atomic mass is 9.97. The van der Waals surface area contributed by atoms with Gasteiger partial charge in [0, 0.05) is 28.6 Å². The van der Waals surface area contributed by atoms with Crippen molar-refractivity contribution >= 4 is 40.3 Å². The molecule has 1 amide bonds. The number of rotatable bonds is 5. The second-order valence-electron chi connectivity index (χ2n) is 6.45. The molecule has 2 aromatic heterocycles. The maximum Gasteiger partial charge on any atom is 0.224 e. The minimum absolute atomic E-state index is 0.00503. The summed E-state index contributed by atoms with van der Waals surface area (Å²) in [5.41, 5.74) is 4.49. The van der Waals surface area contributed by atoms with E-state index in [0.717, 1.165) is 38.7 Å². The first-order valence-corrected chi connectivity index (χ1v) is 9.99. The van der Waals surface area contributed by atoms with E-state index in [1.54, 1.807) is 23.6 Å². The molecule has 3 heterocycles. The Bertz CT molecular complexity index is 1020. The third kappa shape index (κ3) is 3.89. The van der Waals surface area contributed by atoms with Gasteiger partial charge in [0.25, 0.3) is 0 Å². The average molecular weight is 388 g/mol. The monoisotopic (exact) mass is 388 g/mol. The number of nitrogens with zero attached hydrogens (tertiary/aromatic N) is 1. The average Bonchev–Trinajstić information content (AvgIpc) is 3.25. The zero-order valence-electron chi connectivity index (χ0n) is 15.4. The quantitative estimate of drug-likeness (QED) is 0.619. The molecule has 0 atom stereocenters. The number of benzene rings is 1. The molecule has 4 nitrogen and oxygen atoms in total. The zero-order valence-corrected chi connectivity index (χ0v) is 16.2. The Morgan fingerprint density at radius 3 is 2.86 bits per heavy atom. The van der Waals surface area contributed by atoms with Crippen molar-refractivity contribution in [1.82, 2.24) is 4.98 Å². The Hall–Kier alpha value is -3.18. The lowest BCUT2D eigenvalue weighted by Gasteiger charge is -2.22. The van der Waals surface area contributed by atoms with Crippen LogP contribution in [0, 0.1) is 0 Å². The van der Waals surface area contributed by atoms with Gasteiger partial charge in [-0.2, -0.15) is 0 Å². The van der Waals surface area contributed by atoms with Crippen molar-refractivity contribution in [3.8, 4) is 0 Å². The normalized spacial score (nSPS) is 13.9. The van der Waals surface area contributed by atoms with Gasteiger partial charge in [-0.05, 0) is 47.7 Å². The van der Waals surface area contributed by atoms with Crippen LogP contribution in [0.4, 0.5) is 5.69 Å². The number of nitrogens with one attached hydrogen (secondary N) is 1. The van der Waals surface area contributed by atoms with Crippen LogP contribution >= 0.6 is 11.3 Å². The van der Waals surface area contributed by atoms with Crippen molar-refractivity contribution in [3.63, 3.8) is 0 Å². The molecule has 4 rings (SSSR count). The molecule has 0 fully saturated rings. The first kappa shape index (κ1) is 18.2. The minimum Gasteiger partial charge on any atom is -0.486 e. The number of anilines is 1. The van der Waals surface area contributed by atoms with Gasteiger partial charge in [0.1, 0.15) is 12.4 Å². The van der Waals surface area contributed by atoms with Crippen molar-refractivity contribution in [2.45, 2.75) is 19.4 Å². The van der Waals surface area contributed by atoms with Crippen LogP contribution in [0.3, 0.4) is 0 Å². The largest absolute Gasteiger partial charge is 0.486 e. The molecule has 0 bridgehead atoms. The molecular weight excluding hydrogens is 368 g/mol. The summed E-state index contributed by atoms with van der Waals surface area (Å²) < 4.78 is 6.34. The second-order valence-corrected chi connectivity index (χ2v) is 7.40. The van der Waals surface area contributed by atoms with Gasteiger partial charge < -0.3 is 10.1 Å². The lowest BCUT2D eigenvalue weighted by Crippen LogP contribution is -2.16. The molecule has 140 valence electrons. The maximum absolute atomic E-state index is 12.4. The van der Waals surface area contributed by atoms with Gasteiger partial charge in [0.15, 0.2) is 0 Å². The molecule has 0 saturated carbocycles. The number of fused-ring (bicyclic) bond motifs is 1. The molecule has 5 heteroatoms. The van der Waals surface area contributed by atoms with E-state index in [-0.39, 0.29) is 5.91 Å². The number of carbonyl (C=O) groups is 1. The summed E-state index contributed by atoms with van der Waals surface area (Å²) in [6.45, 7) is 4.23. The van der Waals surface area contributed by atoms with E-state index in [1.807, 2.05) is 47.8 Å². The molecule has 0 radical (unpaired) electrons. The fourth-order valence-corrected chi connectivity index (χ4v) is 3.99. The Morgan fingerprint density at radius 1 is 1.18 bits per heavy atom. The fraction of sp³-hybridized carbons (Fsp3) is 0.130. The number of carbonyl (C=O) groups excluding carboxylic acids is 1. The van der Waals surface area contributed by atoms with Gasteiger partial charge in [0.05, 0.1) is 11.4 Å². The Balaban J connectivity index is 1.85. The first-order valence-electron chi connectivity index (χ1n) is 9.11. The Morgan fingerprint density at radius 2 is 2.11 bits per heavy atom. The zero-order chi connectivity index (χ0) is 19.3. The van der Waals surface area contributed by atoms with Crippen molar-refractivity contribution in [2.75, 3.05) is 5.32 Å². The number of aromatic nitrogens is 1. The number of amides is 1. The standard InChI is InChI=1S/C23H20N2O2S/c1-2-16-8-10-20-19(14-16)23(27-15-17-6-3-4-12-24-17)18(9-11-22(26)25-20)21-7-5-13-28-21/h2-8,10,12-14H,1,9,11,15H2,(H,25,26).